The average Bonchev–Trinajstić information content (AvgIpc) is 2.56. The first-order valence-electron chi connectivity index (χ1n) is 7.21. The Kier molecular flexibility index (Phi) is 3.73. The van der Waals surface area contributed by atoms with E-state index in [2.05, 4.69) is 16.4 Å². The Morgan fingerprint density at radius 1 is 1.13 bits per heavy atom. The molecule has 23 heavy (non-hydrogen) atoms. The Hall–Kier alpha value is -3.26. The summed E-state index contributed by atoms with van der Waals surface area (Å²) in [7, 11) is 3.99. The van der Waals surface area contributed by atoms with Crippen molar-refractivity contribution in [2.45, 2.75) is 0 Å². The standard InChI is InChI=1S/C18H17N5/c1-23(2)15-6-4-14(5-7-15)22-18-12(10-19)11-21-17-8-3-13(20)9-16(17)18/h3-9,11H,20H2,1-2H3,(H,21,22). The van der Waals surface area contributed by atoms with Gasteiger partial charge >= 0.3 is 0 Å². The van der Waals surface area contributed by atoms with Gasteiger partial charge in [-0.25, -0.2) is 0 Å². The number of aromatic nitrogens is 1. The van der Waals surface area contributed by atoms with Gasteiger partial charge in [-0.15, -0.1) is 0 Å². The number of rotatable bonds is 3. The predicted octanol–water partition coefficient (Wildman–Crippen LogP) is 3.50. The molecule has 5 nitrogen and oxygen atoms in total. The first-order valence-corrected chi connectivity index (χ1v) is 7.21. The van der Waals surface area contributed by atoms with Crippen LogP contribution >= 0.6 is 0 Å². The summed E-state index contributed by atoms with van der Waals surface area (Å²) in [5.74, 6) is 0. The van der Waals surface area contributed by atoms with Crippen LogP contribution in [0.5, 0.6) is 0 Å². The van der Waals surface area contributed by atoms with Crippen LogP contribution in [0.25, 0.3) is 10.9 Å². The van der Waals surface area contributed by atoms with Crippen molar-refractivity contribution in [3.63, 3.8) is 0 Å². The topological polar surface area (TPSA) is 78.0 Å². The van der Waals surface area contributed by atoms with Gasteiger partial charge in [-0.1, -0.05) is 0 Å². The smallest absolute Gasteiger partial charge is 0.103 e. The van der Waals surface area contributed by atoms with Gasteiger partial charge in [-0.3, -0.25) is 4.98 Å². The molecule has 0 unspecified atom stereocenters. The number of fused-ring (bicyclic) bond motifs is 1. The van der Waals surface area contributed by atoms with E-state index in [-0.39, 0.29) is 0 Å². The molecule has 0 atom stereocenters. The van der Waals surface area contributed by atoms with Gasteiger partial charge in [0.25, 0.3) is 0 Å². The molecule has 3 N–H and O–H groups in total. The molecule has 114 valence electrons. The Morgan fingerprint density at radius 3 is 2.52 bits per heavy atom. The summed E-state index contributed by atoms with van der Waals surface area (Å²) in [5, 5.41) is 13.5. The molecule has 1 aromatic heterocycles. The zero-order valence-electron chi connectivity index (χ0n) is 13.0. The highest BCUT2D eigenvalue weighted by molar-refractivity contribution is 5.97. The van der Waals surface area contributed by atoms with Crippen LogP contribution in [-0.2, 0) is 0 Å². The number of pyridine rings is 1. The minimum Gasteiger partial charge on any atom is -0.399 e. The molecule has 0 fully saturated rings. The molecular weight excluding hydrogens is 286 g/mol. The van der Waals surface area contributed by atoms with Crippen molar-refractivity contribution >= 4 is 33.7 Å². The maximum Gasteiger partial charge on any atom is 0.103 e. The Bertz CT molecular complexity index is 892. The fourth-order valence-electron chi connectivity index (χ4n) is 2.42. The van der Waals surface area contributed by atoms with Crippen LogP contribution in [0.3, 0.4) is 0 Å². The van der Waals surface area contributed by atoms with E-state index in [1.807, 2.05) is 55.4 Å². The van der Waals surface area contributed by atoms with Crippen LogP contribution in [0.2, 0.25) is 0 Å². The van der Waals surface area contributed by atoms with Crippen molar-refractivity contribution in [2.75, 3.05) is 30.0 Å². The first kappa shape index (κ1) is 14.7. The Morgan fingerprint density at radius 2 is 1.87 bits per heavy atom. The molecule has 0 aliphatic carbocycles. The van der Waals surface area contributed by atoms with Crippen molar-refractivity contribution < 1.29 is 0 Å². The Balaban J connectivity index is 2.07. The molecule has 0 aliphatic rings. The van der Waals surface area contributed by atoms with E-state index in [0.717, 1.165) is 28.0 Å². The van der Waals surface area contributed by atoms with Crippen molar-refractivity contribution in [2.24, 2.45) is 0 Å². The normalized spacial score (nSPS) is 10.3. The number of nitriles is 1. The van der Waals surface area contributed by atoms with Crippen LogP contribution in [0.15, 0.2) is 48.7 Å². The third kappa shape index (κ3) is 2.87. The third-order valence-corrected chi connectivity index (χ3v) is 3.67. The van der Waals surface area contributed by atoms with Gasteiger partial charge in [0.1, 0.15) is 6.07 Å². The quantitative estimate of drug-likeness (QED) is 0.724. The molecule has 0 aliphatic heterocycles. The molecule has 0 saturated heterocycles. The lowest BCUT2D eigenvalue weighted by molar-refractivity contribution is 1.13. The summed E-state index contributed by atoms with van der Waals surface area (Å²) in [5.41, 5.74) is 10.5. The van der Waals surface area contributed by atoms with E-state index in [0.29, 0.717) is 11.3 Å². The molecule has 3 rings (SSSR count). The van der Waals surface area contributed by atoms with Gasteiger partial charge in [-0.2, -0.15) is 5.26 Å². The zero-order chi connectivity index (χ0) is 16.4. The van der Waals surface area contributed by atoms with Crippen molar-refractivity contribution in [1.29, 1.82) is 5.26 Å². The highest BCUT2D eigenvalue weighted by atomic mass is 15.1. The molecule has 2 aromatic carbocycles. The summed E-state index contributed by atoms with van der Waals surface area (Å²) in [6, 6.07) is 15.7. The second-order valence-electron chi connectivity index (χ2n) is 5.50. The molecular formula is C18H17N5. The minimum atomic E-state index is 0.486. The molecule has 3 aromatic rings. The van der Waals surface area contributed by atoms with Gasteiger partial charge in [-0.05, 0) is 42.5 Å². The summed E-state index contributed by atoms with van der Waals surface area (Å²) >= 11 is 0. The summed E-state index contributed by atoms with van der Waals surface area (Å²) in [6.07, 6.45) is 1.58. The van der Waals surface area contributed by atoms with E-state index in [9.17, 15) is 5.26 Å². The maximum atomic E-state index is 9.37. The number of anilines is 4. The van der Waals surface area contributed by atoms with Crippen molar-refractivity contribution in [3.8, 4) is 6.07 Å². The van der Waals surface area contributed by atoms with Crippen molar-refractivity contribution in [1.82, 2.24) is 4.98 Å². The van der Waals surface area contributed by atoms with E-state index < -0.39 is 0 Å². The number of benzene rings is 2. The van der Waals surface area contributed by atoms with Gasteiger partial charge in [0, 0.05) is 42.7 Å². The molecule has 1 heterocycles. The predicted molar refractivity (Wildman–Crippen MR) is 94.9 cm³/mol. The number of nitrogens with two attached hydrogens (primary N) is 1. The van der Waals surface area contributed by atoms with E-state index in [1.54, 1.807) is 12.3 Å². The molecule has 0 saturated carbocycles. The SMILES string of the molecule is CN(C)c1ccc(Nc2c(C#N)cnc3ccc(N)cc23)cc1. The van der Waals surface area contributed by atoms with Crippen LogP contribution in [0, 0.1) is 11.3 Å². The second-order valence-corrected chi connectivity index (χ2v) is 5.50. The lowest BCUT2D eigenvalue weighted by Gasteiger charge is -2.15. The number of hydrogen-bond donors (Lipinski definition) is 2. The number of nitrogen functional groups attached to an aromatic ring is 1. The number of nitrogens with one attached hydrogen (secondary N) is 1. The van der Waals surface area contributed by atoms with Crippen LogP contribution in [0.4, 0.5) is 22.7 Å². The maximum absolute atomic E-state index is 9.37. The number of nitrogens with zero attached hydrogens (tertiary/aromatic N) is 3. The lowest BCUT2D eigenvalue weighted by atomic mass is 10.1. The molecule has 0 spiro atoms. The summed E-state index contributed by atoms with van der Waals surface area (Å²) in [6.45, 7) is 0. The Labute approximate surface area is 135 Å². The van der Waals surface area contributed by atoms with Gasteiger partial charge in [0.15, 0.2) is 0 Å². The largest absolute Gasteiger partial charge is 0.399 e. The van der Waals surface area contributed by atoms with Crippen molar-refractivity contribution in [3.05, 3.63) is 54.2 Å². The second kappa shape index (κ2) is 5.85. The highest BCUT2D eigenvalue weighted by Crippen LogP contribution is 2.30. The van der Waals surface area contributed by atoms with Gasteiger partial charge in [0.05, 0.1) is 16.8 Å². The van der Waals surface area contributed by atoms with E-state index in [1.165, 1.54) is 0 Å². The molecule has 0 amide bonds. The van der Waals surface area contributed by atoms with Crippen LogP contribution < -0.4 is 16.0 Å². The summed E-state index contributed by atoms with van der Waals surface area (Å²) < 4.78 is 0. The van der Waals surface area contributed by atoms with Crippen LogP contribution in [0.1, 0.15) is 5.56 Å². The molecule has 5 heteroatoms. The minimum absolute atomic E-state index is 0.486. The first-order chi connectivity index (χ1) is 11.1. The van der Waals surface area contributed by atoms with E-state index >= 15 is 0 Å². The molecule has 0 bridgehead atoms. The van der Waals surface area contributed by atoms with Gasteiger partial charge in [0.2, 0.25) is 0 Å². The summed E-state index contributed by atoms with van der Waals surface area (Å²) in [4.78, 5) is 6.34. The number of hydrogen-bond acceptors (Lipinski definition) is 5. The fraction of sp³-hybridized carbons (Fsp3) is 0.111. The van der Waals surface area contributed by atoms with Crippen LogP contribution in [-0.4, -0.2) is 19.1 Å². The van der Waals surface area contributed by atoms with E-state index in [4.69, 9.17) is 5.73 Å². The average molecular weight is 303 g/mol. The lowest BCUT2D eigenvalue weighted by Crippen LogP contribution is -2.08. The molecule has 0 radical (unpaired) electrons. The highest BCUT2D eigenvalue weighted by Gasteiger charge is 2.10. The zero-order valence-corrected chi connectivity index (χ0v) is 13.0. The monoisotopic (exact) mass is 303 g/mol. The van der Waals surface area contributed by atoms with Gasteiger partial charge < -0.3 is 16.0 Å². The fourth-order valence-corrected chi connectivity index (χ4v) is 2.42. The third-order valence-electron chi connectivity index (χ3n) is 3.67.